The molecule has 0 radical (unpaired) electrons. The van der Waals surface area contributed by atoms with Gasteiger partial charge < -0.3 is 4.90 Å². The molecule has 1 aromatic heterocycles. The number of nitrogens with zero attached hydrogens (tertiary/aromatic N) is 3. The number of rotatable bonds is 2. The van der Waals surface area contributed by atoms with Crippen molar-refractivity contribution in [3.8, 4) is 0 Å². The lowest BCUT2D eigenvalue weighted by Gasteiger charge is -2.26. The second-order valence-corrected chi connectivity index (χ2v) is 5.30. The van der Waals surface area contributed by atoms with Gasteiger partial charge in [-0.25, -0.2) is 0 Å². The quantitative estimate of drug-likeness (QED) is 0.616. The Bertz CT molecular complexity index is 590. The first-order valence-corrected chi connectivity index (χ1v) is 6.82. The molecule has 1 fully saturated rings. The molecule has 0 aliphatic carbocycles. The molecule has 5 nitrogen and oxygen atoms in total. The van der Waals surface area contributed by atoms with E-state index in [1.807, 2.05) is 0 Å². The maximum absolute atomic E-state index is 10.8. The topological polar surface area (TPSA) is 59.3 Å². The Balaban J connectivity index is 2.05. The predicted octanol–water partition coefficient (Wildman–Crippen LogP) is 3.19. The number of non-ortho nitro benzene ring substituents is 1. The van der Waals surface area contributed by atoms with Crippen LogP contribution < -0.4 is 4.90 Å². The Labute approximate surface area is 108 Å². The lowest BCUT2D eigenvalue weighted by Crippen LogP contribution is -2.29. The molecule has 0 bridgehead atoms. The number of benzene rings is 1. The molecule has 2 heterocycles. The van der Waals surface area contributed by atoms with Crippen LogP contribution in [0, 0.1) is 10.1 Å². The Hall–Kier alpha value is -1.69. The summed E-state index contributed by atoms with van der Waals surface area (Å²) in [5.41, 5.74) is 0.140. The van der Waals surface area contributed by atoms with E-state index in [2.05, 4.69) is 9.27 Å². The number of piperidine rings is 1. The largest absolute Gasteiger partial charge is 0.355 e. The highest BCUT2D eigenvalue weighted by molar-refractivity contribution is 7.13. The van der Waals surface area contributed by atoms with E-state index < -0.39 is 0 Å². The second kappa shape index (κ2) is 4.53. The molecule has 1 aliphatic heterocycles. The van der Waals surface area contributed by atoms with Crippen molar-refractivity contribution in [3.63, 3.8) is 0 Å². The summed E-state index contributed by atoms with van der Waals surface area (Å²) in [6, 6.07) is 4.97. The number of hydrogen-bond acceptors (Lipinski definition) is 5. The molecule has 18 heavy (non-hydrogen) atoms. The zero-order valence-corrected chi connectivity index (χ0v) is 10.7. The summed E-state index contributed by atoms with van der Waals surface area (Å²) in [6.45, 7) is 2.00. The zero-order chi connectivity index (χ0) is 12.5. The van der Waals surface area contributed by atoms with Gasteiger partial charge in [-0.1, -0.05) is 0 Å². The summed E-state index contributed by atoms with van der Waals surface area (Å²) in [4.78, 5) is 12.7. The van der Waals surface area contributed by atoms with Crippen molar-refractivity contribution in [1.82, 2.24) is 4.37 Å². The molecule has 0 unspecified atom stereocenters. The molecule has 0 saturated carbocycles. The number of nitro benzene ring substituents is 1. The fraction of sp³-hybridized carbons (Fsp3) is 0.417. The van der Waals surface area contributed by atoms with Gasteiger partial charge in [-0.2, -0.15) is 4.37 Å². The normalized spacial score (nSPS) is 16.1. The maximum atomic E-state index is 10.8. The highest BCUT2D eigenvalue weighted by Gasteiger charge is 2.18. The van der Waals surface area contributed by atoms with Crippen LogP contribution in [0.3, 0.4) is 0 Å². The summed E-state index contributed by atoms with van der Waals surface area (Å²) >= 11 is 1.41. The first kappa shape index (κ1) is 11.4. The fourth-order valence-electron chi connectivity index (χ4n) is 2.36. The van der Waals surface area contributed by atoms with E-state index in [0.717, 1.165) is 29.0 Å². The molecule has 1 aromatic carbocycles. The number of fused-ring (bicyclic) bond motifs is 1. The van der Waals surface area contributed by atoms with Crippen LogP contribution in [0.2, 0.25) is 0 Å². The van der Waals surface area contributed by atoms with Crippen molar-refractivity contribution in [1.29, 1.82) is 0 Å². The standard InChI is InChI=1S/C12H13N3O2S/c16-15(17)9-4-5-11-10(8-9)12(13-18-11)14-6-2-1-3-7-14/h4-5,8H,1-3,6-7H2. The van der Waals surface area contributed by atoms with Gasteiger partial charge in [0.2, 0.25) is 0 Å². The minimum Gasteiger partial charge on any atom is -0.355 e. The van der Waals surface area contributed by atoms with Gasteiger partial charge in [-0.3, -0.25) is 10.1 Å². The third kappa shape index (κ3) is 1.92. The smallest absolute Gasteiger partial charge is 0.270 e. The molecule has 3 rings (SSSR count). The van der Waals surface area contributed by atoms with Crippen molar-refractivity contribution in [2.75, 3.05) is 18.0 Å². The second-order valence-electron chi connectivity index (χ2n) is 4.49. The lowest BCUT2D eigenvalue weighted by molar-refractivity contribution is -0.384. The van der Waals surface area contributed by atoms with E-state index in [-0.39, 0.29) is 10.6 Å². The molecule has 2 aromatic rings. The molecule has 0 atom stereocenters. The summed E-state index contributed by atoms with van der Waals surface area (Å²) in [5, 5.41) is 11.7. The molecule has 0 spiro atoms. The van der Waals surface area contributed by atoms with E-state index in [4.69, 9.17) is 0 Å². The predicted molar refractivity (Wildman–Crippen MR) is 72.3 cm³/mol. The van der Waals surface area contributed by atoms with Gasteiger partial charge in [0.05, 0.1) is 9.62 Å². The van der Waals surface area contributed by atoms with Crippen LogP contribution in [0.4, 0.5) is 11.5 Å². The molecular formula is C12H13N3O2S. The lowest BCUT2D eigenvalue weighted by atomic mass is 10.1. The Kier molecular flexibility index (Phi) is 2.87. The summed E-state index contributed by atoms with van der Waals surface area (Å²) < 4.78 is 5.48. The molecule has 0 amide bonds. The van der Waals surface area contributed by atoms with Gasteiger partial charge in [0, 0.05) is 30.6 Å². The summed E-state index contributed by atoms with van der Waals surface area (Å²) in [6.07, 6.45) is 3.61. The van der Waals surface area contributed by atoms with Gasteiger partial charge in [-0.15, -0.1) is 0 Å². The third-order valence-electron chi connectivity index (χ3n) is 3.30. The fourth-order valence-corrected chi connectivity index (χ4v) is 3.14. The van der Waals surface area contributed by atoms with Crippen LogP contribution in [-0.2, 0) is 0 Å². The van der Waals surface area contributed by atoms with Crippen molar-refractivity contribution in [3.05, 3.63) is 28.3 Å². The number of nitro groups is 1. The highest BCUT2D eigenvalue weighted by Crippen LogP contribution is 2.33. The van der Waals surface area contributed by atoms with Crippen LogP contribution in [0.1, 0.15) is 19.3 Å². The Morgan fingerprint density at radius 1 is 1.28 bits per heavy atom. The monoisotopic (exact) mass is 263 g/mol. The van der Waals surface area contributed by atoms with Crippen LogP contribution >= 0.6 is 11.5 Å². The molecule has 6 heteroatoms. The number of anilines is 1. The maximum Gasteiger partial charge on any atom is 0.270 e. The Morgan fingerprint density at radius 2 is 2.06 bits per heavy atom. The molecule has 1 saturated heterocycles. The molecular weight excluding hydrogens is 250 g/mol. The average molecular weight is 263 g/mol. The zero-order valence-electron chi connectivity index (χ0n) is 9.83. The first-order valence-electron chi connectivity index (χ1n) is 6.04. The molecule has 1 aliphatic rings. The minimum absolute atomic E-state index is 0.140. The number of aromatic nitrogens is 1. The first-order chi connectivity index (χ1) is 8.75. The number of hydrogen-bond donors (Lipinski definition) is 0. The average Bonchev–Trinajstić information content (AvgIpc) is 2.82. The van der Waals surface area contributed by atoms with Gasteiger partial charge >= 0.3 is 0 Å². The third-order valence-corrected chi connectivity index (χ3v) is 4.12. The van der Waals surface area contributed by atoms with Gasteiger partial charge in [0.15, 0.2) is 0 Å². The van der Waals surface area contributed by atoms with Gasteiger partial charge in [-0.05, 0) is 36.9 Å². The SMILES string of the molecule is O=[N+]([O-])c1ccc2snc(N3CCCCC3)c2c1. The minimum atomic E-state index is -0.350. The van der Waals surface area contributed by atoms with Crippen LogP contribution in [-0.4, -0.2) is 22.4 Å². The highest BCUT2D eigenvalue weighted by atomic mass is 32.1. The van der Waals surface area contributed by atoms with Gasteiger partial charge in [0.1, 0.15) is 5.82 Å². The van der Waals surface area contributed by atoms with E-state index in [1.165, 1.54) is 30.8 Å². The van der Waals surface area contributed by atoms with Crippen molar-refractivity contribution >= 4 is 33.1 Å². The van der Waals surface area contributed by atoms with E-state index in [9.17, 15) is 10.1 Å². The van der Waals surface area contributed by atoms with Crippen molar-refractivity contribution in [2.24, 2.45) is 0 Å². The van der Waals surface area contributed by atoms with Gasteiger partial charge in [0.25, 0.3) is 5.69 Å². The van der Waals surface area contributed by atoms with E-state index >= 15 is 0 Å². The van der Waals surface area contributed by atoms with Crippen molar-refractivity contribution in [2.45, 2.75) is 19.3 Å². The van der Waals surface area contributed by atoms with E-state index in [0.29, 0.717) is 0 Å². The van der Waals surface area contributed by atoms with Crippen molar-refractivity contribution < 1.29 is 4.92 Å². The van der Waals surface area contributed by atoms with E-state index in [1.54, 1.807) is 18.2 Å². The molecule has 0 N–H and O–H groups in total. The van der Waals surface area contributed by atoms with Crippen LogP contribution in [0.5, 0.6) is 0 Å². The summed E-state index contributed by atoms with van der Waals surface area (Å²) in [5.74, 6) is 0.915. The molecule has 94 valence electrons. The Morgan fingerprint density at radius 3 is 2.78 bits per heavy atom. The summed E-state index contributed by atoms with van der Waals surface area (Å²) in [7, 11) is 0. The van der Waals surface area contributed by atoms with Crippen LogP contribution in [0.15, 0.2) is 18.2 Å². The van der Waals surface area contributed by atoms with Crippen LogP contribution in [0.25, 0.3) is 10.1 Å².